The van der Waals surface area contributed by atoms with E-state index in [0.717, 1.165) is 57.0 Å². The maximum atomic E-state index is 4.48. The van der Waals surface area contributed by atoms with Gasteiger partial charge in [0.05, 0.1) is 5.69 Å². The number of anilines is 2. The lowest BCUT2D eigenvalue weighted by molar-refractivity contribution is 0.424. The van der Waals surface area contributed by atoms with Gasteiger partial charge in [-0.15, -0.1) is 5.10 Å². The SMILES string of the molecule is c1nc2c(c(NCC3CN(c4cc5c(nn4)CCC5)C3)n1)CCCC2. The van der Waals surface area contributed by atoms with Crippen molar-refractivity contribution in [2.75, 3.05) is 29.9 Å². The minimum Gasteiger partial charge on any atom is -0.369 e. The Morgan fingerprint density at radius 3 is 2.80 bits per heavy atom. The van der Waals surface area contributed by atoms with E-state index in [9.17, 15) is 0 Å². The van der Waals surface area contributed by atoms with Crippen LogP contribution in [0, 0.1) is 5.92 Å². The molecule has 1 N–H and O–H groups in total. The topological polar surface area (TPSA) is 66.8 Å². The number of aryl methyl sites for hydroxylation is 3. The van der Waals surface area contributed by atoms with Crippen LogP contribution in [0.4, 0.5) is 11.6 Å². The second-order valence-electron chi connectivity index (χ2n) is 7.53. The summed E-state index contributed by atoms with van der Waals surface area (Å²) < 4.78 is 0. The minimum atomic E-state index is 0.643. The maximum Gasteiger partial charge on any atom is 0.151 e. The third-order valence-electron chi connectivity index (χ3n) is 5.77. The second-order valence-corrected chi connectivity index (χ2v) is 7.53. The molecule has 0 radical (unpaired) electrons. The van der Waals surface area contributed by atoms with E-state index in [2.05, 4.69) is 36.4 Å². The fourth-order valence-electron chi connectivity index (χ4n) is 4.27. The van der Waals surface area contributed by atoms with E-state index in [-0.39, 0.29) is 0 Å². The van der Waals surface area contributed by atoms with E-state index in [1.807, 2.05) is 0 Å². The van der Waals surface area contributed by atoms with E-state index in [4.69, 9.17) is 0 Å². The Balaban J connectivity index is 1.18. The molecule has 1 saturated heterocycles. The first-order valence-electron chi connectivity index (χ1n) is 9.54. The highest BCUT2D eigenvalue weighted by molar-refractivity contribution is 5.48. The number of aromatic nitrogens is 4. The molecule has 0 bridgehead atoms. The van der Waals surface area contributed by atoms with Gasteiger partial charge in [-0.3, -0.25) is 0 Å². The van der Waals surface area contributed by atoms with Crippen LogP contribution >= 0.6 is 0 Å². The first kappa shape index (κ1) is 15.0. The van der Waals surface area contributed by atoms with Gasteiger partial charge in [0.2, 0.25) is 0 Å². The molecule has 5 rings (SSSR count). The Bertz CT molecular complexity index is 783. The van der Waals surface area contributed by atoms with Crippen molar-refractivity contribution < 1.29 is 0 Å². The van der Waals surface area contributed by atoms with E-state index in [0.29, 0.717) is 5.92 Å². The summed E-state index contributed by atoms with van der Waals surface area (Å²) in [6, 6.07) is 2.25. The predicted molar refractivity (Wildman–Crippen MR) is 96.9 cm³/mol. The van der Waals surface area contributed by atoms with Crippen LogP contribution in [0.15, 0.2) is 12.4 Å². The molecule has 0 spiro atoms. The zero-order chi connectivity index (χ0) is 16.6. The average Bonchev–Trinajstić information content (AvgIpc) is 3.08. The van der Waals surface area contributed by atoms with Gasteiger partial charge in [-0.25, -0.2) is 9.97 Å². The quantitative estimate of drug-likeness (QED) is 0.923. The van der Waals surface area contributed by atoms with Gasteiger partial charge in [-0.05, 0) is 56.6 Å². The monoisotopic (exact) mass is 336 g/mol. The number of nitrogens with one attached hydrogen (secondary N) is 1. The van der Waals surface area contributed by atoms with Gasteiger partial charge >= 0.3 is 0 Å². The van der Waals surface area contributed by atoms with Crippen LogP contribution < -0.4 is 10.2 Å². The summed E-state index contributed by atoms with van der Waals surface area (Å²) in [7, 11) is 0. The number of fused-ring (bicyclic) bond motifs is 2. The third kappa shape index (κ3) is 2.83. The third-order valence-corrected chi connectivity index (χ3v) is 5.77. The second kappa shape index (κ2) is 6.24. The summed E-state index contributed by atoms with van der Waals surface area (Å²) in [5.74, 6) is 2.75. The standard InChI is InChI=1S/C19H24N6/c1-2-6-17-15(5-1)19(22-12-21-17)20-9-13-10-25(11-13)18-8-14-4-3-7-16(14)23-24-18/h8,12-13H,1-7,9-11H2,(H,20,21,22). The lowest BCUT2D eigenvalue weighted by atomic mass is 9.96. The molecule has 0 unspecified atom stereocenters. The maximum absolute atomic E-state index is 4.48. The van der Waals surface area contributed by atoms with Gasteiger partial charge < -0.3 is 10.2 Å². The van der Waals surface area contributed by atoms with Gasteiger partial charge in [0.25, 0.3) is 0 Å². The highest BCUT2D eigenvalue weighted by Gasteiger charge is 2.29. The minimum absolute atomic E-state index is 0.643. The van der Waals surface area contributed by atoms with Crippen LogP contribution in [0.25, 0.3) is 0 Å². The zero-order valence-electron chi connectivity index (χ0n) is 14.5. The van der Waals surface area contributed by atoms with E-state index < -0.39 is 0 Å². The highest BCUT2D eigenvalue weighted by atomic mass is 15.3. The zero-order valence-corrected chi connectivity index (χ0v) is 14.5. The summed E-state index contributed by atoms with van der Waals surface area (Å²) >= 11 is 0. The Labute approximate surface area is 148 Å². The van der Waals surface area contributed by atoms with Crippen molar-refractivity contribution >= 4 is 11.6 Å². The van der Waals surface area contributed by atoms with Crippen molar-refractivity contribution in [2.45, 2.75) is 44.9 Å². The Morgan fingerprint density at radius 2 is 1.84 bits per heavy atom. The van der Waals surface area contributed by atoms with Crippen molar-refractivity contribution in [3.63, 3.8) is 0 Å². The van der Waals surface area contributed by atoms with E-state index in [1.165, 1.54) is 41.8 Å². The summed E-state index contributed by atoms with van der Waals surface area (Å²) in [5.41, 5.74) is 5.19. The molecule has 6 nitrogen and oxygen atoms in total. The molecular formula is C19H24N6. The molecule has 2 aromatic heterocycles. The first-order chi connectivity index (χ1) is 12.4. The summed E-state index contributed by atoms with van der Waals surface area (Å²) in [4.78, 5) is 11.3. The van der Waals surface area contributed by atoms with Crippen LogP contribution in [0.3, 0.4) is 0 Å². The van der Waals surface area contributed by atoms with E-state index in [1.54, 1.807) is 6.33 Å². The summed E-state index contributed by atoms with van der Waals surface area (Å²) in [6.07, 6.45) is 9.91. The first-order valence-corrected chi connectivity index (χ1v) is 9.54. The van der Waals surface area contributed by atoms with Crippen LogP contribution in [0.1, 0.15) is 41.8 Å². The fraction of sp³-hybridized carbons (Fsp3) is 0.579. The molecule has 1 aliphatic heterocycles. The number of hydrogen-bond acceptors (Lipinski definition) is 6. The average molecular weight is 336 g/mol. The Morgan fingerprint density at radius 1 is 0.960 bits per heavy atom. The van der Waals surface area contributed by atoms with Crippen LogP contribution in [-0.2, 0) is 25.7 Å². The van der Waals surface area contributed by atoms with Crippen molar-refractivity contribution in [3.05, 3.63) is 34.9 Å². The molecule has 0 aromatic carbocycles. The molecule has 130 valence electrons. The normalized spacial score (nSPS) is 19.3. The van der Waals surface area contributed by atoms with Crippen molar-refractivity contribution in [1.29, 1.82) is 0 Å². The molecule has 3 heterocycles. The Hall–Kier alpha value is -2.24. The van der Waals surface area contributed by atoms with E-state index >= 15 is 0 Å². The van der Waals surface area contributed by atoms with Gasteiger partial charge in [0.15, 0.2) is 5.82 Å². The van der Waals surface area contributed by atoms with Crippen LogP contribution in [-0.4, -0.2) is 39.8 Å². The molecule has 0 amide bonds. The molecular weight excluding hydrogens is 312 g/mol. The summed E-state index contributed by atoms with van der Waals surface area (Å²) in [5, 5.41) is 12.4. The van der Waals surface area contributed by atoms with Crippen molar-refractivity contribution in [1.82, 2.24) is 20.2 Å². The molecule has 0 saturated carbocycles. The van der Waals surface area contributed by atoms with Gasteiger partial charge in [-0.1, -0.05) is 0 Å². The fourth-order valence-corrected chi connectivity index (χ4v) is 4.27. The predicted octanol–water partition coefficient (Wildman–Crippen LogP) is 2.18. The van der Waals surface area contributed by atoms with Crippen LogP contribution in [0.2, 0.25) is 0 Å². The molecule has 1 fully saturated rings. The lowest BCUT2D eigenvalue weighted by Crippen LogP contribution is -2.50. The van der Waals surface area contributed by atoms with Crippen LogP contribution in [0.5, 0.6) is 0 Å². The molecule has 6 heteroatoms. The molecule has 0 atom stereocenters. The number of hydrogen-bond donors (Lipinski definition) is 1. The Kier molecular flexibility index (Phi) is 3.76. The molecule has 25 heavy (non-hydrogen) atoms. The van der Waals surface area contributed by atoms with Crippen molar-refractivity contribution in [2.24, 2.45) is 5.92 Å². The van der Waals surface area contributed by atoms with Gasteiger partial charge in [0, 0.05) is 36.8 Å². The van der Waals surface area contributed by atoms with Gasteiger partial charge in [0.1, 0.15) is 12.1 Å². The smallest absolute Gasteiger partial charge is 0.151 e. The van der Waals surface area contributed by atoms with Gasteiger partial charge in [-0.2, -0.15) is 5.10 Å². The largest absolute Gasteiger partial charge is 0.369 e. The lowest BCUT2D eigenvalue weighted by Gasteiger charge is -2.40. The molecule has 2 aromatic rings. The molecule has 2 aliphatic carbocycles. The molecule has 3 aliphatic rings. The number of nitrogens with zero attached hydrogens (tertiary/aromatic N) is 5. The summed E-state index contributed by atoms with van der Waals surface area (Å²) in [6.45, 7) is 3.07. The van der Waals surface area contributed by atoms with Crippen molar-refractivity contribution in [3.8, 4) is 0 Å². The highest BCUT2D eigenvalue weighted by Crippen LogP contribution is 2.28. The number of rotatable bonds is 4.